The second-order valence-electron chi connectivity index (χ2n) is 3.19. The van der Waals surface area contributed by atoms with Crippen LogP contribution in [0, 0.1) is 12.4 Å². The van der Waals surface area contributed by atoms with Crippen molar-refractivity contribution in [2.45, 2.75) is 6.42 Å². The van der Waals surface area contributed by atoms with E-state index in [1.165, 1.54) is 5.56 Å². The minimum Gasteiger partial charge on any atom is -0.354 e. The van der Waals surface area contributed by atoms with E-state index in [0.29, 0.717) is 6.54 Å². The average Bonchev–Trinajstić information content (AvgIpc) is 2.30. The van der Waals surface area contributed by atoms with Crippen LogP contribution in [0.3, 0.4) is 0 Å². The molecule has 5 heteroatoms. The van der Waals surface area contributed by atoms with Crippen LogP contribution in [0.2, 0.25) is 0 Å². The molecule has 0 bridgehead atoms. The van der Waals surface area contributed by atoms with Crippen LogP contribution in [-0.2, 0) is 6.42 Å². The lowest BCUT2D eigenvalue weighted by atomic mass is 10.1. The first kappa shape index (κ1) is 10.5. The molecule has 81 valence electrons. The van der Waals surface area contributed by atoms with Gasteiger partial charge in [-0.15, -0.1) is 0 Å². The second-order valence-corrected chi connectivity index (χ2v) is 3.19. The molecule has 4 nitrogen and oxygen atoms in total. The smallest absolute Gasteiger partial charge is 0.314 e. The van der Waals surface area contributed by atoms with E-state index in [2.05, 4.69) is 26.6 Å². The average molecular weight is 217 g/mol. The summed E-state index contributed by atoms with van der Waals surface area (Å²) in [6, 6.07) is 9.98. The monoisotopic (exact) mass is 217 g/mol. The van der Waals surface area contributed by atoms with E-state index in [-0.39, 0.29) is 5.95 Å². The molecule has 0 aliphatic carbocycles. The lowest BCUT2D eigenvalue weighted by molar-refractivity contribution is 0.532. The highest BCUT2D eigenvalue weighted by molar-refractivity contribution is 5.22. The Morgan fingerprint density at radius 1 is 1.19 bits per heavy atom. The Morgan fingerprint density at radius 3 is 2.75 bits per heavy atom. The third-order valence-electron chi connectivity index (χ3n) is 2.04. The summed E-state index contributed by atoms with van der Waals surface area (Å²) in [5.41, 5.74) is 1.20. The van der Waals surface area contributed by atoms with Crippen molar-refractivity contribution in [3.05, 3.63) is 48.3 Å². The standard InChI is InChI=1S/C11H10FN4/c12-10-14-8-15-11(16-10)13-7-6-9-4-2-1-3-5-9/h1-5H,6-7H2,(H,13,14,15,16). The molecule has 16 heavy (non-hydrogen) atoms. The SMILES string of the molecule is Fc1n[c]nc(NCCc2ccccc2)n1. The first-order valence-electron chi connectivity index (χ1n) is 4.90. The van der Waals surface area contributed by atoms with Gasteiger partial charge in [-0.3, -0.25) is 0 Å². The summed E-state index contributed by atoms with van der Waals surface area (Å²) in [5.74, 6) is 0.212. The van der Waals surface area contributed by atoms with Crippen LogP contribution in [0.25, 0.3) is 0 Å². The first-order valence-corrected chi connectivity index (χ1v) is 4.90. The third kappa shape index (κ3) is 2.98. The number of hydrogen-bond donors (Lipinski definition) is 1. The number of benzene rings is 1. The lowest BCUT2D eigenvalue weighted by Crippen LogP contribution is -2.09. The zero-order chi connectivity index (χ0) is 11.2. The highest BCUT2D eigenvalue weighted by atomic mass is 19.1. The highest BCUT2D eigenvalue weighted by Gasteiger charge is 1.98. The molecule has 0 atom stereocenters. The molecule has 1 heterocycles. The molecule has 0 saturated carbocycles. The van der Waals surface area contributed by atoms with Gasteiger partial charge < -0.3 is 5.32 Å². The Labute approximate surface area is 92.6 Å². The summed E-state index contributed by atoms with van der Waals surface area (Å²) in [6.45, 7) is 0.640. The Bertz CT molecular complexity index is 447. The molecule has 0 fully saturated rings. The fraction of sp³-hybridized carbons (Fsp3) is 0.182. The van der Waals surface area contributed by atoms with Gasteiger partial charge in [-0.25, -0.2) is 0 Å². The second kappa shape index (κ2) is 5.16. The molecule has 0 aliphatic rings. The van der Waals surface area contributed by atoms with Gasteiger partial charge in [0.05, 0.1) is 0 Å². The topological polar surface area (TPSA) is 50.7 Å². The van der Waals surface area contributed by atoms with Gasteiger partial charge in [0.15, 0.2) is 0 Å². The van der Waals surface area contributed by atoms with Gasteiger partial charge >= 0.3 is 6.08 Å². The number of halogens is 1. The van der Waals surface area contributed by atoms with Crippen molar-refractivity contribution in [2.75, 3.05) is 11.9 Å². The van der Waals surface area contributed by atoms with E-state index in [0.717, 1.165) is 6.42 Å². The van der Waals surface area contributed by atoms with Gasteiger partial charge in [-0.05, 0) is 12.0 Å². The number of anilines is 1. The zero-order valence-corrected chi connectivity index (χ0v) is 8.52. The Morgan fingerprint density at radius 2 is 2.00 bits per heavy atom. The van der Waals surface area contributed by atoms with Crippen molar-refractivity contribution in [2.24, 2.45) is 0 Å². The summed E-state index contributed by atoms with van der Waals surface area (Å²) in [7, 11) is 0. The number of nitrogens with zero attached hydrogens (tertiary/aromatic N) is 3. The van der Waals surface area contributed by atoms with Gasteiger partial charge in [-0.1, -0.05) is 30.3 Å². The van der Waals surface area contributed by atoms with Crippen LogP contribution in [0.15, 0.2) is 30.3 Å². The maximum atomic E-state index is 12.6. The van der Waals surface area contributed by atoms with E-state index in [1.54, 1.807) is 0 Å². The summed E-state index contributed by atoms with van der Waals surface area (Å²) in [6.07, 6.45) is 2.18. The van der Waals surface area contributed by atoms with E-state index in [4.69, 9.17) is 0 Å². The molecule has 1 aromatic heterocycles. The Hall–Kier alpha value is -2.04. The number of hydrogen-bond acceptors (Lipinski definition) is 4. The number of aromatic nitrogens is 3. The normalized spacial score (nSPS) is 10.1. The molecule has 0 amide bonds. The predicted octanol–water partition coefficient (Wildman–Crippen LogP) is 1.47. The number of nitrogens with one attached hydrogen (secondary N) is 1. The van der Waals surface area contributed by atoms with Gasteiger partial charge in [-0.2, -0.15) is 19.3 Å². The van der Waals surface area contributed by atoms with Crippen molar-refractivity contribution in [3.8, 4) is 0 Å². The van der Waals surface area contributed by atoms with E-state index in [9.17, 15) is 4.39 Å². The van der Waals surface area contributed by atoms with E-state index in [1.807, 2.05) is 30.3 Å². The van der Waals surface area contributed by atoms with E-state index < -0.39 is 6.08 Å². The summed E-state index contributed by atoms with van der Waals surface area (Å²) >= 11 is 0. The molecule has 1 N–H and O–H groups in total. The van der Waals surface area contributed by atoms with Crippen molar-refractivity contribution in [3.63, 3.8) is 0 Å². The van der Waals surface area contributed by atoms with Crippen molar-refractivity contribution in [1.82, 2.24) is 15.0 Å². The molecule has 2 rings (SSSR count). The molecule has 0 unspecified atom stereocenters. The van der Waals surface area contributed by atoms with Crippen LogP contribution >= 0.6 is 0 Å². The van der Waals surface area contributed by atoms with Crippen LogP contribution < -0.4 is 5.32 Å². The van der Waals surface area contributed by atoms with Gasteiger partial charge in [0.2, 0.25) is 12.3 Å². The lowest BCUT2D eigenvalue weighted by Gasteiger charge is -2.03. The summed E-state index contributed by atoms with van der Waals surface area (Å²) in [5, 5.41) is 2.90. The number of rotatable bonds is 4. The molecule has 1 radical (unpaired) electrons. The molecule has 0 saturated heterocycles. The molecular weight excluding hydrogens is 207 g/mol. The van der Waals surface area contributed by atoms with Crippen LogP contribution in [0.1, 0.15) is 5.56 Å². The fourth-order valence-corrected chi connectivity index (χ4v) is 1.29. The van der Waals surface area contributed by atoms with Crippen LogP contribution in [0.5, 0.6) is 0 Å². The van der Waals surface area contributed by atoms with Gasteiger partial charge in [0.25, 0.3) is 0 Å². The predicted molar refractivity (Wildman–Crippen MR) is 57.3 cm³/mol. The van der Waals surface area contributed by atoms with Crippen molar-refractivity contribution in [1.29, 1.82) is 0 Å². The largest absolute Gasteiger partial charge is 0.354 e. The third-order valence-corrected chi connectivity index (χ3v) is 2.04. The highest BCUT2D eigenvalue weighted by Crippen LogP contribution is 2.00. The van der Waals surface area contributed by atoms with Crippen molar-refractivity contribution < 1.29 is 4.39 Å². The molecule has 2 aromatic rings. The molecular formula is C11H10FN4. The van der Waals surface area contributed by atoms with Crippen molar-refractivity contribution >= 4 is 5.95 Å². The minimum atomic E-state index is -0.822. The van der Waals surface area contributed by atoms with Gasteiger partial charge in [0.1, 0.15) is 0 Å². The zero-order valence-electron chi connectivity index (χ0n) is 8.52. The minimum absolute atomic E-state index is 0.212. The Kier molecular flexibility index (Phi) is 3.38. The molecule has 0 aliphatic heterocycles. The molecule has 1 aromatic carbocycles. The molecule has 0 spiro atoms. The maximum absolute atomic E-state index is 12.6. The fourth-order valence-electron chi connectivity index (χ4n) is 1.29. The summed E-state index contributed by atoms with van der Waals surface area (Å²) < 4.78 is 12.6. The first-order chi connectivity index (χ1) is 7.84. The maximum Gasteiger partial charge on any atom is 0.314 e. The van der Waals surface area contributed by atoms with Crippen LogP contribution in [0.4, 0.5) is 10.3 Å². The van der Waals surface area contributed by atoms with E-state index >= 15 is 0 Å². The Balaban J connectivity index is 1.85. The van der Waals surface area contributed by atoms with Gasteiger partial charge in [0, 0.05) is 6.54 Å². The summed E-state index contributed by atoms with van der Waals surface area (Å²) in [4.78, 5) is 10.3. The van der Waals surface area contributed by atoms with Crippen LogP contribution in [-0.4, -0.2) is 21.5 Å². The quantitative estimate of drug-likeness (QED) is 0.842.